The quantitative estimate of drug-likeness (QED) is 0.622. The van der Waals surface area contributed by atoms with E-state index in [4.69, 9.17) is 16.3 Å². The molecule has 0 N–H and O–H groups in total. The fourth-order valence-corrected chi connectivity index (χ4v) is 1.75. The van der Waals surface area contributed by atoms with Gasteiger partial charge in [-0.2, -0.15) is 0 Å². The van der Waals surface area contributed by atoms with Gasteiger partial charge in [0.1, 0.15) is 0 Å². The molecule has 0 spiro atoms. The summed E-state index contributed by atoms with van der Waals surface area (Å²) in [4.78, 5) is 4.12. The van der Waals surface area contributed by atoms with Crippen molar-refractivity contribution in [2.75, 3.05) is 6.61 Å². The van der Waals surface area contributed by atoms with Crippen LogP contribution in [0.15, 0.2) is 6.07 Å². The molecule has 1 aliphatic rings. The SMILES string of the molecule is CC.CC.Cc1cc2c(c(Cl)n1)OCC2C. The lowest BCUT2D eigenvalue weighted by Gasteiger charge is -2.02. The summed E-state index contributed by atoms with van der Waals surface area (Å²) < 4.78 is 5.40. The maximum absolute atomic E-state index is 5.90. The normalized spacial score (nSPS) is 16.1. The molecular formula is C13H22ClNO. The number of pyridine rings is 1. The Kier molecular flexibility index (Phi) is 7.15. The Hall–Kier alpha value is -0.760. The molecule has 3 heteroatoms. The Morgan fingerprint density at radius 2 is 1.88 bits per heavy atom. The van der Waals surface area contributed by atoms with Crippen LogP contribution in [-0.4, -0.2) is 11.6 Å². The lowest BCUT2D eigenvalue weighted by molar-refractivity contribution is 0.336. The number of ether oxygens (including phenoxy) is 1. The lowest BCUT2D eigenvalue weighted by Crippen LogP contribution is -1.93. The van der Waals surface area contributed by atoms with Crippen molar-refractivity contribution in [3.8, 4) is 5.75 Å². The van der Waals surface area contributed by atoms with Crippen molar-refractivity contribution in [2.45, 2.75) is 47.5 Å². The highest BCUT2D eigenvalue weighted by Crippen LogP contribution is 2.38. The first-order chi connectivity index (χ1) is 7.68. The van der Waals surface area contributed by atoms with Gasteiger partial charge < -0.3 is 4.74 Å². The van der Waals surface area contributed by atoms with E-state index < -0.39 is 0 Å². The second-order valence-corrected chi connectivity index (χ2v) is 3.54. The van der Waals surface area contributed by atoms with Crippen molar-refractivity contribution in [3.05, 3.63) is 22.5 Å². The van der Waals surface area contributed by atoms with Gasteiger partial charge >= 0.3 is 0 Å². The van der Waals surface area contributed by atoms with Crippen LogP contribution in [0, 0.1) is 6.92 Å². The number of halogens is 1. The molecule has 2 rings (SSSR count). The van der Waals surface area contributed by atoms with Crippen molar-refractivity contribution in [1.82, 2.24) is 4.98 Å². The Bertz CT molecular complexity index is 326. The summed E-state index contributed by atoms with van der Waals surface area (Å²) >= 11 is 5.90. The third-order valence-electron chi connectivity index (χ3n) is 2.10. The summed E-state index contributed by atoms with van der Waals surface area (Å²) in [5, 5.41) is 0.495. The highest BCUT2D eigenvalue weighted by Gasteiger charge is 2.23. The van der Waals surface area contributed by atoms with E-state index in [0.29, 0.717) is 11.1 Å². The zero-order valence-electron chi connectivity index (χ0n) is 11.1. The summed E-state index contributed by atoms with van der Waals surface area (Å²) in [6.45, 7) is 12.8. The van der Waals surface area contributed by atoms with Crippen molar-refractivity contribution in [2.24, 2.45) is 0 Å². The molecule has 2 nitrogen and oxygen atoms in total. The molecule has 0 radical (unpaired) electrons. The largest absolute Gasteiger partial charge is 0.489 e. The van der Waals surface area contributed by atoms with Crippen LogP contribution in [0.4, 0.5) is 0 Å². The van der Waals surface area contributed by atoms with E-state index in [9.17, 15) is 0 Å². The molecule has 2 heterocycles. The summed E-state index contributed by atoms with van der Waals surface area (Å²) in [6.07, 6.45) is 0. The fraction of sp³-hybridized carbons (Fsp3) is 0.615. The van der Waals surface area contributed by atoms with Crippen LogP contribution in [0.3, 0.4) is 0 Å². The molecule has 1 aromatic heterocycles. The predicted octanol–water partition coefficient (Wildman–Crippen LogP) is 4.59. The summed E-state index contributed by atoms with van der Waals surface area (Å²) in [5.74, 6) is 1.22. The van der Waals surface area contributed by atoms with Gasteiger partial charge in [0.15, 0.2) is 10.9 Å². The average Bonchev–Trinajstić information content (AvgIpc) is 2.67. The zero-order chi connectivity index (χ0) is 12.7. The topological polar surface area (TPSA) is 22.1 Å². The number of rotatable bonds is 0. The first-order valence-electron chi connectivity index (χ1n) is 5.98. The van der Waals surface area contributed by atoms with Crippen molar-refractivity contribution < 1.29 is 4.74 Å². The average molecular weight is 244 g/mol. The van der Waals surface area contributed by atoms with Crippen LogP contribution in [0.1, 0.15) is 51.8 Å². The molecule has 1 aliphatic heterocycles. The molecule has 0 saturated heterocycles. The second-order valence-electron chi connectivity index (χ2n) is 3.18. The van der Waals surface area contributed by atoms with E-state index in [0.717, 1.165) is 18.1 Å². The molecule has 0 aliphatic carbocycles. The smallest absolute Gasteiger partial charge is 0.171 e. The lowest BCUT2D eigenvalue weighted by atomic mass is 10.0. The minimum atomic E-state index is 0.444. The van der Waals surface area contributed by atoms with E-state index in [2.05, 4.69) is 11.9 Å². The van der Waals surface area contributed by atoms with Crippen molar-refractivity contribution in [3.63, 3.8) is 0 Å². The van der Waals surface area contributed by atoms with E-state index >= 15 is 0 Å². The van der Waals surface area contributed by atoms with Crippen LogP contribution in [0.2, 0.25) is 5.15 Å². The molecule has 1 atom stereocenters. The van der Waals surface area contributed by atoms with E-state index in [-0.39, 0.29) is 0 Å². The predicted molar refractivity (Wildman–Crippen MR) is 70.6 cm³/mol. The number of hydrogen-bond donors (Lipinski definition) is 0. The first kappa shape index (κ1) is 15.2. The van der Waals surface area contributed by atoms with Gasteiger partial charge in [0.25, 0.3) is 0 Å². The van der Waals surface area contributed by atoms with Crippen LogP contribution in [0.25, 0.3) is 0 Å². The highest BCUT2D eigenvalue weighted by molar-refractivity contribution is 6.31. The van der Waals surface area contributed by atoms with Crippen LogP contribution in [0.5, 0.6) is 5.75 Å². The minimum absolute atomic E-state index is 0.444. The van der Waals surface area contributed by atoms with Gasteiger partial charge in [0.2, 0.25) is 0 Å². The van der Waals surface area contributed by atoms with E-state index in [1.54, 1.807) is 0 Å². The van der Waals surface area contributed by atoms with Crippen molar-refractivity contribution >= 4 is 11.6 Å². The molecule has 0 fully saturated rings. The number of aromatic nitrogens is 1. The van der Waals surface area contributed by atoms with Gasteiger partial charge in [-0.1, -0.05) is 46.2 Å². The number of hydrogen-bond acceptors (Lipinski definition) is 2. The molecular weight excluding hydrogens is 222 g/mol. The number of fused-ring (bicyclic) bond motifs is 1. The van der Waals surface area contributed by atoms with Crippen LogP contribution < -0.4 is 4.74 Å². The summed E-state index contributed by atoms with van der Waals surface area (Å²) in [6, 6.07) is 2.04. The van der Waals surface area contributed by atoms with E-state index in [1.807, 2.05) is 40.7 Å². The Morgan fingerprint density at radius 3 is 2.44 bits per heavy atom. The molecule has 1 aromatic rings. The molecule has 0 aromatic carbocycles. The fourth-order valence-electron chi connectivity index (χ4n) is 1.45. The summed E-state index contributed by atoms with van der Waals surface area (Å²) in [5.41, 5.74) is 2.14. The van der Waals surface area contributed by atoms with Gasteiger partial charge in [-0.3, -0.25) is 0 Å². The molecule has 0 saturated carbocycles. The molecule has 0 amide bonds. The monoisotopic (exact) mass is 243 g/mol. The van der Waals surface area contributed by atoms with Crippen LogP contribution >= 0.6 is 11.6 Å². The van der Waals surface area contributed by atoms with Gasteiger partial charge in [-0.15, -0.1) is 0 Å². The van der Waals surface area contributed by atoms with Crippen LogP contribution in [-0.2, 0) is 0 Å². The Morgan fingerprint density at radius 1 is 1.31 bits per heavy atom. The highest BCUT2D eigenvalue weighted by atomic mass is 35.5. The first-order valence-corrected chi connectivity index (χ1v) is 6.36. The third-order valence-corrected chi connectivity index (χ3v) is 2.35. The second kappa shape index (κ2) is 7.50. The minimum Gasteiger partial charge on any atom is -0.489 e. The maximum Gasteiger partial charge on any atom is 0.171 e. The standard InChI is InChI=1S/C9H10ClNO.2C2H6/c1-5-4-12-8-7(5)3-6(2)11-9(8)10;2*1-2/h3,5H,4H2,1-2H3;2*1-2H3. The number of nitrogens with zero attached hydrogens (tertiary/aromatic N) is 1. The zero-order valence-corrected chi connectivity index (χ0v) is 11.9. The number of aryl methyl sites for hydroxylation is 1. The van der Waals surface area contributed by atoms with Gasteiger partial charge in [-0.25, -0.2) is 4.98 Å². The summed E-state index contributed by atoms with van der Waals surface area (Å²) in [7, 11) is 0. The Balaban J connectivity index is 0.000000509. The molecule has 0 bridgehead atoms. The Labute approximate surface area is 104 Å². The van der Waals surface area contributed by atoms with Gasteiger partial charge in [0.05, 0.1) is 6.61 Å². The molecule has 1 unspecified atom stereocenters. The third kappa shape index (κ3) is 3.38. The molecule has 16 heavy (non-hydrogen) atoms. The molecule has 92 valence electrons. The van der Waals surface area contributed by atoms with Gasteiger partial charge in [-0.05, 0) is 13.0 Å². The van der Waals surface area contributed by atoms with Crippen molar-refractivity contribution in [1.29, 1.82) is 0 Å². The van der Waals surface area contributed by atoms with E-state index in [1.165, 1.54) is 5.56 Å². The maximum atomic E-state index is 5.90. The van der Waals surface area contributed by atoms with Gasteiger partial charge in [0, 0.05) is 17.2 Å².